The van der Waals surface area contributed by atoms with Gasteiger partial charge in [0.15, 0.2) is 0 Å². The van der Waals surface area contributed by atoms with Gasteiger partial charge in [0.25, 0.3) is 0 Å². The molecule has 0 spiro atoms. The fourth-order valence-corrected chi connectivity index (χ4v) is 1.39. The van der Waals surface area contributed by atoms with Gasteiger partial charge in [-0.05, 0) is 25.8 Å². The van der Waals surface area contributed by atoms with Gasteiger partial charge in [0.05, 0.1) is 11.2 Å². The van der Waals surface area contributed by atoms with Gasteiger partial charge in [-0.25, -0.2) is 0 Å². The van der Waals surface area contributed by atoms with Crippen molar-refractivity contribution >= 4 is 19.0 Å². The molecule has 0 saturated heterocycles. The van der Waals surface area contributed by atoms with E-state index in [9.17, 15) is 0 Å². The van der Waals surface area contributed by atoms with E-state index in [-0.39, 0.29) is 0 Å². The molecular formula is C12H16N2. The van der Waals surface area contributed by atoms with Gasteiger partial charge in [-0.1, -0.05) is 30.8 Å². The second-order valence-corrected chi connectivity index (χ2v) is 3.89. The average Bonchev–Trinajstić information content (AvgIpc) is 2.07. The first-order chi connectivity index (χ1) is 6.46. The van der Waals surface area contributed by atoms with Gasteiger partial charge < -0.3 is 5.73 Å². The normalized spacial score (nSPS) is 13.6. The number of aliphatic imine (C=N–C) groups is 1. The van der Waals surface area contributed by atoms with Crippen molar-refractivity contribution in [2.24, 2.45) is 10.7 Å². The average molecular weight is 188 g/mol. The van der Waals surface area contributed by atoms with Crippen molar-refractivity contribution in [1.29, 1.82) is 0 Å². The molecule has 0 amide bonds. The van der Waals surface area contributed by atoms with E-state index in [1.807, 2.05) is 38.1 Å². The summed E-state index contributed by atoms with van der Waals surface area (Å²) in [6.07, 6.45) is 0. The molecule has 0 heterocycles. The van der Waals surface area contributed by atoms with Crippen molar-refractivity contribution in [3.05, 3.63) is 34.7 Å². The Morgan fingerprint density at radius 1 is 1.36 bits per heavy atom. The van der Waals surface area contributed by atoms with Crippen LogP contribution in [0.25, 0.3) is 12.3 Å². The van der Waals surface area contributed by atoms with Gasteiger partial charge in [-0.2, -0.15) is 0 Å². The highest BCUT2D eigenvalue weighted by atomic mass is 14.8. The topological polar surface area (TPSA) is 38.4 Å². The smallest absolute Gasteiger partial charge is 0.0667 e. The molecule has 0 fully saturated rings. The molecule has 1 aromatic rings. The number of nitrogens with zero attached hydrogens (tertiary/aromatic N) is 1. The second-order valence-electron chi connectivity index (χ2n) is 3.89. The molecule has 0 aromatic heterocycles. The van der Waals surface area contributed by atoms with Crippen molar-refractivity contribution in [2.75, 3.05) is 0 Å². The summed E-state index contributed by atoms with van der Waals surface area (Å²) in [6.45, 7) is 11.3. The van der Waals surface area contributed by atoms with E-state index >= 15 is 0 Å². The molecule has 0 unspecified atom stereocenters. The number of benzene rings is 1. The van der Waals surface area contributed by atoms with Gasteiger partial charge in [-0.15, -0.1) is 0 Å². The summed E-state index contributed by atoms with van der Waals surface area (Å²) >= 11 is 0. The highest BCUT2D eigenvalue weighted by Gasteiger charge is 2.16. The minimum Gasteiger partial charge on any atom is -0.321 e. The fraction of sp³-hybridized carbons (Fsp3) is 0.250. The maximum Gasteiger partial charge on any atom is 0.0667 e. The van der Waals surface area contributed by atoms with Crippen LogP contribution in [-0.2, 0) is 0 Å². The van der Waals surface area contributed by atoms with Crippen molar-refractivity contribution < 1.29 is 0 Å². The predicted molar refractivity (Wildman–Crippen MR) is 62.4 cm³/mol. The molecule has 1 aromatic carbocycles. The molecule has 0 radical (unpaired) electrons. The third-order valence-electron chi connectivity index (χ3n) is 2.04. The van der Waals surface area contributed by atoms with Crippen LogP contribution < -0.4 is 16.2 Å². The van der Waals surface area contributed by atoms with Crippen LogP contribution in [0.2, 0.25) is 0 Å². The van der Waals surface area contributed by atoms with E-state index in [1.165, 1.54) is 0 Å². The zero-order valence-electron chi connectivity index (χ0n) is 8.75. The van der Waals surface area contributed by atoms with Crippen LogP contribution in [0.5, 0.6) is 0 Å². The number of rotatable bonds is 2. The lowest BCUT2D eigenvalue weighted by atomic mass is 9.99. The largest absolute Gasteiger partial charge is 0.321 e. The number of hydrogen-bond acceptors (Lipinski definition) is 2. The minimum absolute atomic E-state index is 0.491. The lowest BCUT2D eigenvalue weighted by Crippen LogP contribution is -2.40. The molecule has 2 heteroatoms. The Morgan fingerprint density at radius 2 is 1.93 bits per heavy atom. The van der Waals surface area contributed by atoms with Crippen LogP contribution in [0.15, 0.2) is 29.3 Å². The van der Waals surface area contributed by atoms with E-state index in [1.54, 1.807) is 0 Å². The van der Waals surface area contributed by atoms with E-state index in [2.05, 4.69) is 18.3 Å². The molecule has 0 aliphatic heterocycles. The highest BCUT2D eigenvalue weighted by Crippen LogP contribution is 2.11. The first-order valence-corrected chi connectivity index (χ1v) is 4.51. The molecule has 2 nitrogen and oxygen atoms in total. The van der Waals surface area contributed by atoms with Gasteiger partial charge in [0, 0.05) is 5.22 Å². The second kappa shape index (κ2) is 3.76. The van der Waals surface area contributed by atoms with Crippen LogP contribution in [0.1, 0.15) is 13.8 Å². The Labute approximate surface area is 84.5 Å². The summed E-state index contributed by atoms with van der Waals surface area (Å²) in [5.41, 5.74) is 6.28. The molecule has 0 aliphatic rings. The Kier molecular flexibility index (Phi) is 2.87. The summed E-state index contributed by atoms with van der Waals surface area (Å²) < 4.78 is 0. The van der Waals surface area contributed by atoms with Crippen LogP contribution in [0.3, 0.4) is 0 Å². The molecule has 1 rings (SSSR count). The van der Waals surface area contributed by atoms with E-state index in [0.29, 0.717) is 0 Å². The quantitative estimate of drug-likeness (QED) is 0.680. The molecule has 74 valence electrons. The molecular weight excluding hydrogens is 172 g/mol. The molecule has 2 N–H and O–H groups in total. The first kappa shape index (κ1) is 10.7. The van der Waals surface area contributed by atoms with Crippen molar-refractivity contribution in [3.63, 3.8) is 0 Å². The maximum atomic E-state index is 5.99. The van der Waals surface area contributed by atoms with Crippen molar-refractivity contribution in [2.45, 2.75) is 19.4 Å². The Balaban J connectivity index is 3.64. The Hall–Kier alpha value is -1.41. The van der Waals surface area contributed by atoms with Gasteiger partial charge >= 0.3 is 0 Å². The Morgan fingerprint density at radius 3 is 2.36 bits per heavy atom. The van der Waals surface area contributed by atoms with Crippen LogP contribution in [0.4, 0.5) is 0 Å². The highest BCUT2D eigenvalue weighted by molar-refractivity contribution is 5.58. The monoisotopic (exact) mass is 188 g/mol. The maximum absolute atomic E-state index is 5.99. The lowest BCUT2D eigenvalue weighted by Gasteiger charge is -2.19. The van der Waals surface area contributed by atoms with Crippen LogP contribution in [0, 0.1) is 0 Å². The first-order valence-electron chi connectivity index (χ1n) is 4.51. The van der Waals surface area contributed by atoms with Gasteiger partial charge in [-0.3, -0.25) is 4.99 Å². The van der Waals surface area contributed by atoms with Gasteiger partial charge in [0.2, 0.25) is 0 Å². The molecule has 14 heavy (non-hydrogen) atoms. The third-order valence-corrected chi connectivity index (χ3v) is 2.04. The molecule has 0 atom stereocenters. The SMILES string of the molecule is C=N/C(=c1/ccccc1=C)C(C)(C)N. The fourth-order valence-electron chi connectivity index (χ4n) is 1.39. The summed E-state index contributed by atoms with van der Waals surface area (Å²) in [5.74, 6) is 0. The zero-order chi connectivity index (χ0) is 10.8. The minimum atomic E-state index is -0.491. The van der Waals surface area contributed by atoms with E-state index in [4.69, 9.17) is 5.73 Å². The molecule has 0 aliphatic carbocycles. The lowest BCUT2D eigenvalue weighted by molar-refractivity contribution is 0.662. The Bertz CT molecular complexity index is 438. The summed E-state index contributed by atoms with van der Waals surface area (Å²) in [7, 11) is 0. The molecule has 0 saturated carbocycles. The van der Waals surface area contributed by atoms with E-state index < -0.39 is 5.54 Å². The standard InChI is InChI=1S/C12H16N2/c1-9-7-5-6-8-10(9)11(14-4)12(2,3)13/h5-8H,1,4,13H2,2-3H3/b11-10-. The third kappa shape index (κ3) is 2.09. The van der Waals surface area contributed by atoms with Crippen molar-refractivity contribution in [3.8, 4) is 0 Å². The summed E-state index contributed by atoms with van der Waals surface area (Å²) in [4.78, 5) is 3.99. The predicted octanol–water partition coefficient (Wildman–Crippen LogP) is 0.643. The number of nitrogens with two attached hydrogens (primary N) is 1. The van der Waals surface area contributed by atoms with Crippen LogP contribution in [-0.4, -0.2) is 12.3 Å². The van der Waals surface area contributed by atoms with Gasteiger partial charge in [0.1, 0.15) is 0 Å². The zero-order valence-corrected chi connectivity index (χ0v) is 8.75. The number of hydrogen-bond donors (Lipinski definition) is 1. The van der Waals surface area contributed by atoms with E-state index in [0.717, 1.165) is 16.1 Å². The molecule has 0 bridgehead atoms. The summed E-state index contributed by atoms with van der Waals surface area (Å²) in [5, 5.41) is 1.89. The van der Waals surface area contributed by atoms with Crippen molar-refractivity contribution in [1.82, 2.24) is 0 Å². The van der Waals surface area contributed by atoms with Crippen LogP contribution >= 0.6 is 0 Å². The summed E-state index contributed by atoms with van der Waals surface area (Å²) in [6, 6.07) is 7.78.